The molecule has 1 fully saturated rings. The first-order valence-electron chi connectivity index (χ1n) is 10.3. The van der Waals surface area contributed by atoms with Crippen molar-refractivity contribution < 1.29 is 23.1 Å². The fourth-order valence-corrected chi connectivity index (χ4v) is 5.11. The lowest BCUT2D eigenvalue weighted by atomic mass is 9.88. The highest BCUT2D eigenvalue weighted by Gasteiger charge is 2.55. The molecule has 0 radical (unpaired) electrons. The Morgan fingerprint density at radius 3 is 2.52 bits per heavy atom. The standard InChI is InChI=1S/C22H24F3N3O3/c1-2-27-18-15(16(11-29)19(27)20(30)26-12-22(23,24)25)10-28-17(18)9-8-14(21(28)31)13-6-4-3-5-7-13/h3-9,15-16,18-19,29H,2,10-12H2,1H3,(H,26,30)/t15-,16-,18+,19-/m1/s1. The van der Waals surface area contributed by atoms with Gasteiger partial charge in [-0.3, -0.25) is 14.5 Å². The highest BCUT2D eigenvalue weighted by atomic mass is 19.4. The molecule has 0 saturated carbocycles. The summed E-state index contributed by atoms with van der Waals surface area (Å²) in [7, 11) is 0. The van der Waals surface area contributed by atoms with Crippen molar-refractivity contribution >= 4 is 5.91 Å². The molecule has 9 heteroatoms. The molecule has 1 amide bonds. The number of likely N-dealkylation sites (N-methyl/N-ethyl adjacent to an activating group) is 1. The normalized spacial score (nSPS) is 25.3. The van der Waals surface area contributed by atoms with E-state index in [0.717, 1.165) is 11.3 Å². The number of hydrogen-bond acceptors (Lipinski definition) is 4. The van der Waals surface area contributed by atoms with Gasteiger partial charge >= 0.3 is 6.18 Å². The Balaban J connectivity index is 1.68. The van der Waals surface area contributed by atoms with Crippen LogP contribution in [0.25, 0.3) is 11.1 Å². The summed E-state index contributed by atoms with van der Waals surface area (Å²) in [6.45, 7) is 0.764. The third-order valence-corrected chi connectivity index (χ3v) is 6.37. The number of aliphatic hydroxyl groups excluding tert-OH is 1. The number of hydrogen-bond donors (Lipinski definition) is 2. The molecule has 3 heterocycles. The quantitative estimate of drug-likeness (QED) is 0.755. The molecule has 2 aromatic rings. The number of rotatable bonds is 5. The molecule has 0 aliphatic carbocycles. The number of amides is 1. The van der Waals surface area contributed by atoms with Gasteiger partial charge in [-0.1, -0.05) is 37.3 Å². The van der Waals surface area contributed by atoms with E-state index >= 15 is 0 Å². The van der Waals surface area contributed by atoms with E-state index in [4.69, 9.17) is 0 Å². The number of carbonyl (C=O) groups is 1. The third kappa shape index (κ3) is 3.76. The molecule has 31 heavy (non-hydrogen) atoms. The van der Waals surface area contributed by atoms with Crippen LogP contribution >= 0.6 is 0 Å². The fraction of sp³-hybridized carbons (Fsp3) is 0.455. The van der Waals surface area contributed by atoms with Crippen LogP contribution in [0.3, 0.4) is 0 Å². The maximum atomic E-state index is 13.2. The number of fused-ring (bicyclic) bond motifs is 3. The van der Waals surface area contributed by atoms with Gasteiger partial charge in [0.05, 0.1) is 12.1 Å². The molecule has 6 nitrogen and oxygen atoms in total. The summed E-state index contributed by atoms with van der Waals surface area (Å²) in [6, 6.07) is 11.7. The molecule has 2 aliphatic rings. The van der Waals surface area contributed by atoms with Gasteiger partial charge in [0.1, 0.15) is 6.54 Å². The first kappa shape index (κ1) is 21.6. The molecule has 1 aromatic heterocycles. The smallest absolute Gasteiger partial charge is 0.396 e. The number of benzene rings is 1. The molecule has 4 rings (SSSR count). The van der Waals surface area contributed by atoms with Crippen molar-refractivity contribution in [2.45, 2.75) is 31.7 Å². The van der Waals surface area contributed by atoms with Crippen molar-refractivity contribution in [1.29, 1.82) is 0 Å². The van der Waals surface area contributed by atoms with Gasteiger partial charge in [0.2, 0.25) is 5.91 Å². The number of halogens is 3. The van der Waals surface area contributed by atoms with E-state index in [1.165, 1.54) is 0 Å². The number of carbonyl (C=O) groups excluding carboxylic acids is 1. The highest BCUT2D eigenvalue weighted by molar-refractivity contribution is 5.83. The number of nitrogens with zero attached hydrogens (tertiary/aromatic N) is 2. The van der Waals surface area contributed by atoms with Crippen molar-refractivity contribution in [3.05, 3.63) is 58.5 Å². The zero-order valence-corrected chi connectivity index (χ0v) is 17.0. The number of alkyl halides is 3. The van der Waals surface area contributed by atoms with Crippen molar-refractivity contribution in [3.8, 4) is 11.1 Å². The summed E-state index contributed by atoms with van der Waals surface area (Å²) >= 11 is 0. The summed E-state index contributed by atoms with van der Waals surface area (Å²) in [6.07, 6.45) is -4.51. The average molecular weight is 435 g/mol. The Hall–Kier alpha value is -2.65. The van der Waals surface area contributed by atoms with Crippen LogP contribution in [0.15, 0.2) is 47.3 Å². The molecular weight excluding hydrogens is 411 g/mol. The van der Waals surface area contributed by atoms with Crippen molar-refractivity contribution in [2.75, 3.05) is 19.7 Å². The Labute approximate surface area is 177 Å². The third-order valence-electron chi connectivity index (χ3n) is 6.37. The number of nitrogens with one attached hydrogen (secondary N) is 1. The van der Waals surface area contributed by atoms with E-state index < -0.39 is 30.6 Å². The Morgan fingerprint density at radius 1 is 1.19 bits per heavy atom. The number of aromatic nitrogens is 1. The molecule has 4 atom stereocenters. The number of aliphatic hydroxyl groups is 1. The van der Waals surface area contributed by atoms with Gasteiger partial charge in [-0.05, 0) is 24.2 Å². The van der Waals surface area contributed by atoms with Crippen molar-refractivity contribution in [3.63, 3.8) is 0 Å². The summed E-state index contributed by atoms with van der Waals surface area (Å²) in [5, 5.41) is 12.0. The summed E-state index contributed by atoms with van der Waals surface area (Å²) in [4.78, 5) is 27.6. The molecule has 2 N–H and O–H groups in total. The summed E-state index contributed by atoms with van der Waals surface area (Å²) in [5.41, 5.74) is 1.94. The topological polar surface area (TPSA) is 74.6 Å². The molecule has 2 aliphatic heterocycles. The lowest BCUT2D eigenvalue weighted by molar-refractivity contribution is -0.142. The van der Waals surface area contributed by atoms with Gasteiger partial charge in [-0.25, -0.2) is 0 Å². The van der Waals surface area contributed by atoms with Crippen LogP contribution in [0.1, 0.15) is 18.7 Å². The Morgan fingerprint density at radius 2 is 1.90 bits per heavy atom. The van der Waals surface area contributed by atoms with E-state index in [1.54, 1.807) is 15.5 Å². The minimum Gasteiger partial charge on any atom is -0.396 e. The average Bonchev–Trinajstić information content (AvgIpc) is 3.27. The molecule has 0 bridgehead atoms. The summed E-state index contributed by atoms with van der Waals surface area (Å²) < 4.78 is 39.5. The molecule has 1 saturated heterocycles. The second kappa shape index (κ2) is 8.12. The maximum Gasteiger partial charge on any atom is 0.405 e. The predicted molar refractivity (Wildman–Crippen MR) is 108 cm³/mol. The predicted octanol–water partition coefficient (Wildman–Crippen LogP) is 2.18. The summed E-state index contributed by atoms with van der Waals surface area (Å²) in [5.74, 6) is -1.56. The van der Waals surface area contributed by atoms with E-state index in [2.05, 4.69) is 0 Å². The van der Waals surface area contributed by atoms with Gasteiger partial charge < -0.3 is 15.0 Å². The SMILES string of the molecule is CCN1[C@@H]2c3ccc(-c4ccccc4)c(=O)n3C[C@@H]2[C@@H](CO)[C@@H]1C(=O)NCC(F)(F)F. The van der Waals surface area contributed by atoms with Gasteiger partial charge in [0, 0.05) is 36.2 Å². The minimum atomic E-state index is -4.51. The van der Waals surface area contributed by atoms with Gasteiger partial charge in [0.15, 0.2) is 0 Å². The second-order valence-electron chi connectivity index (χ2n) is 8.02. The van der Waals surface area contributed by atoms with E-state index in [9.17, 15) is 27.9 Å². The minimum absolute atomic E-state index is 0.149. The molecule has 166 valence electrons. The van der Waals surface area contributed by atoms with Crippen LogP contribution in [0.5, 0.6) is 0 Å². The van der Waals surface area contributed by atoms with E-state index in [0.29, 0.717) is 18.7 Å². The Kier molecular flexibility index (Phi) is 5.65. The lowest BCUT2D eigenvalue weighted by Gasteiger charge is -2.29. The monoisotopic (exact) mass is 435 g/mol. The van der Waals surface area contributed by atoms with Gasteiger partial charge in [0.25, 0.3) is 5.56 Å². The second-order valence-corrected chi connectivity index (χ2v) is 8.02. The van der Waals surface area contributed by atoms with Crippen LogP contribution in [0.2, 0.25) is 0 Å². The van der Waals surface area contributed by atoms with E-state index in [-0.39, 0.29) is 24.1 Å². The van der Waals surface area contributed by atoms with Crippen molar-refractivity contribution in [1.82, 2.24) is 14.8 Å². The van der Waals surface area contributed by atoms with Crippen LogP contribution < -0.4 is 10.9 Å². The van der Waals surface area contributed by atoms with Crippen LogP contribution in [0.4, 0.5) is 13.2 Å². The molecular formula is C22H24F3N3O3. The van der Waals surface area contributed by atoms with Crippen LogP contribution in [-0.4, -0.2) is 52.4 Å². The molecule has 0 unspecified atom stereocenters. The van der Waals surface area contributed by atoms with Crippen LogP contribution in [0, 0.1) is 11.8 Å². The Bertz CT molecular complexity index is 1020. The molecule has 1 aromatic carbocycles. The highest BCUT2D eigenvalue weighted by Crippen LogP contribution is 2.49. The van der Waals surface area contributed by atoms with Gasteiger partial charge in [-0.15, -0.1) is 0 Å². The number of likely N-dealkylation sites (tertiary alicyclic amines) is 1. The lowest BCUT2D eigenvalue weighted by Crippen LogP contribution is -2.50. The zero-order valence-electron chi connectivity index (χ0n) is 17.0. The fourth-order valence-electron chi connectivity index (χ4n) is 5.11. The van der Waals surface area contributed by atoms with Gasteiger partial charge in [-0.2, -0.15) is 13.2 Å². The van der Waals surface area contributed by atoms with Crippen molar-refractivity contribution in [2.24, 2.45) is 11.8 Å². The largest absolute Gasteiger partial charge is 0.405 e. The first-order chi connectivity index (χ1) is 14.8. The number of pyridine rings is 1. The molecule has 0 spiro atoms. The van der Waals surface area contributed by atoms with E-state index in [1.807, 2.05) is 48.6 Å². The first-order valence-corrected chi connectivity index (χ1v) is 10.3. The zero-order chi connectivity index (χ0) is 22.3. The van der Waals surface area contributed by atoms with Crippen LogP contribution in [-0.2, 0) is 11.3 Å². The maximum absolute atomic E-state index is 13.2.